The van der Waals surface area contributed by atoms with Crippen LogP contribution < -0.4 is 5.73 Å². The molecule has 2 heteroatoms. The van der Waals surface area contributed by atoms with E-state index >= 15 is 0 Å². The highest BCUT2D eigenvalue weighted by Crippen LogP contribution is 2.34. The molecule has 106 valence electrons. The van der Waals surface area contributed by atoms with Crippen LogP contribution in [0.25, 0.3) is 0 Å². The van der Waals surface area contributed by atoms with Crippen LogP contribution in [-0.2, 0) is 4.74 Å². The molecule has 0 amide bonds. The predicted octanol–water partition coefficient (Wildman–Crippen LogP) is 3.88. The lowest BCUT2D eigenvalue weighted by Crippen LogP contribution is -2.43. The molecule has 0 unspecified atom stereocenters. The van der Waals surface area contributed by atoms with Crippen molar-refractivity contribution in [2.75, 3.05) is 0 Å². The zero-order chi connectivity index (χ0) is 13.2. The third-order valence-corrected chi connectivity index (χ3v) is 5.07. The van der Waals surface area contributed by atoms with Crippen LogP contribution in [0.3, 0.4) is 0 Å². The van der Waals surface area contributed by atoms with E-state index in [9.17, 15) is 0 Å². The first-order valence-electron chi connectivity index (χ1n) is 7.89. The van der Waals surface area contributed by atoms with Gasteiger partial charge < -0.3 is 10.5 Å². The van der Waals surface area contributed by atoms with E-state index in [-0.39, 0.29) is 5.54 Å². The maximum atomic E-state index is 6.30. The third-order valence-electron chi connectivity index (χ3n) is 5.07. The molecule has 0 aromatic carbocycles. The number of rotatable bonds is 3. The molecule has 0 aromatic heterocycles. The molecule has 2 aliphatic rings. The average molecular weight is 253 g/mol. The molecule has 0 heterocycles. The van der Waals surface area contributed by atoms with Gasteiger partial charge in [-0.25, -0.2) is 0 Å². The highest BCUT2D eigenvalue weighted by molar-refractivity contribution is 4.87. The summed E-state index contributed by atoms with van der Waals surface area (Å²) in [7, 11) is 0. The zero-order valence-electron chi connectivity index (χ0n) is 12.5. The van der Waals surface area contributed by atoms with Crippen LogP contribution in [-0.4, -0.2) is 17.7 Å². The van der Waals surface area contributed by atoms with E-state index in [1.807, 2.05) is 0 Å². The lowest BCUT2D eigenvalue weighted by atomic mass is 9.76. The molecule has 18 heavy (non-hydrogen) atoms. The summed E-state index contributed by atoms with van der Waals surface area (Å²) < 4.78 is 6.30. The summed E-state index contributed by atoms with van der Waals surface area (Å²) in [5.74, 6) is 1.60. The van der Waals surface area contributed by atoms with E-state index in [1.165, 1.54) is 51.4 Å². The molecule has 2 nitrogen and oxygen atoms in total. The summed E-state index contributed by atoms with van der Waals surface area (Å²) in [4.78, 5) is 0. The minimum absolute atomic E-state index is 0.00869. The van der Waals surface area contributed by atoms with Gasteiger partial charge in [-0.05, 0) is 77.0 Å². The normalized spacial score (nSPS) is 38.7. The molecular weight excluding hydrogens is 222 g/mol. The lowest BCUT2D eigenvalue weighted by molar-refractivity contribution is -0.0587. The molecule has 0 atom stereocenters. The number of hydrogen-bond acceptors (Lipinski definition) is 2. The standard InChI is InChI=1S/C16H31NO/c1-12-4-8-14(9-5-12)18-15-10-6-13(7-11-15)16(2,3)17/h12-15H,4-11,17H2,1-3H3. The van der Waals surface area contributed by atoms with Crippen molar-refractivity contribution in [1.29, 1.82) is 0 Å². The summed E-state index contributed by atoms with van der Waals surface area (Å²) in [6.07, 6.45) is 11.3. The second-order valence-electron chi connectivity index (χ2n) is 7.31. The Morgan fingerprint density at radius 1 is 0.833 bits per heavy atom. The molecule has 2 N–H and O–H groups in total. The molecule has 2 saturated carbocycles. The quantitative estimate of drug-likeness (QED) is 0.828. The molecule has 0 radical (unpaired) electrons. The predicted molar refractivity (Wildman–Crippen MR) is 76.5 cm³/mol. The summed E-state index contributed by atoms with van der Waals surface area (Å²) in [6, 6.07) is 0. The van der Waals surface area contributed by atoms with Crippen LogP contribution in [0.4, 0.5) is 0 Å². The fourth-order valence-electron chi connectivity index (χ4n) is 3.58. The maximum absolute atomic E-state index is 6.30. The number of ether oxygens (including phenoxy) is 1. The zero-order valence-corrected chi connectivity index (χ0v) is 12.5. The van der Waals surface area contributed by atoms with Gasteiger partial charge in [0.05, 0.1) is 12.2 Å². The Morgan fingerprint density at radius 2 is 1.28 bits per heavy atom. The molecule has 0 aromatic rings. The van der Waals surface area contributed by atoms with E-state index in [0.717, 1.165) is 5.92 Å². The monoisotopic (exact) mass is 253 g/mol. The van der Waals surface area contributed by atoms with E-state index in [1.54, 1.807) is 0 Å². The fourth-order valence-corrected chi connectivity index (χ4v) is 3.58. The lowest BCUT2D eigenvalue weighted by Gasteiger charge is -2.38. The Bertz CT molecular complexity index is 242. The van der Waals surface area contributed by atoms with Crippen LogP contribution in [0.15, 0.2) is 0 Å². The number of nitrogens with two attached hydrogens (primary N) is 1. The molecule has 0 bridgehead atoms. The Balaban J connectivity index is 1.70. The minimum Gasteiger partial charge on any atom is -0.375 e. The van der Waals surface area contributed by atoms with Gasteiger partial charge >= 0.3 is 0 Å². The SMILES string of the molecule is CC1CCC(OC2CCC(C(C)(C)N)CC2)CC1. The molecule has 2 rings (SSSR count). The van der Waals surface area contributed by atoms with Crippen molar-refractivity contribution in [3.63, 3.8) is 0 Å². The molecule has 0 spiro atoms. The smallest absolute Gasteiger partial charge is 0.0579 e. The van der Waals surface area contributed by atoms with Crippen molar-refractivity contribution >= 4 is 0 Å². The Kier molecular flexibility index (Phi) is 4.71. The molecule has 2 fully saturated rings. The van der Waals surface area contributed by atoms with E-state index in [4.69, 9.17) is 10.5 Å². The van der Waals surface area contributed by atoms with E-state index in [0.29, 0.717) is 18.1 Å². The molecule has 0 aliphatic heterocycles. The van der Waals surface area contributed by atoms with Gasteiger partial charge in [-0.2, -0.15) is 0 Å². The van der Waals surface area contributed by atoms with Crippen LogP contribution in [0.5, 0.6) is 0 Å². The van der Waals surface area contributed by atoms with E-state index in [2.05, 4.69) is 20.8 Å². The van der Waals surface area contributed by atoms with Gasteiger partial charge in [-0.1, -0.05) is 6.92 Å². The van der Waals surface area contributed by atoms with Gasteiger partial charge in [0, 0.05) is 5.54 Å². The maximum Gasteiger partial charge on any atom is 0.0579 e. The highest BCUT2D eigenvalue weighted by atomic mass is 16.5. The van der Waals surface area contributed by atoms with Crippen molar-refractivity contribution in [2.24, 2.45) is 17.6 Å². The second-order valence-corrected chi connectivity index (χ2v) is 7.31. The van der Waals surface area contributed by atoms with Gasteiger partial charge in [-0.15, -0.1) is 0 Å². The van der Waals surface area contributed by atoms with Gasteiger partial charge in [0.15, 0.2) is 0 Å². The first kappa shape index (κ1) is 14.3. The van der Waals surface area contributed by atoms with Gasteiger partial charge in [0.25, 0.3) is 0 Å². The molecular formula is C16H31NO. The Hall–Kier alpha value is -0.0800. The van der Waals surface area contributed by atoms with Crippen LogP contribution in [0.1, 0.15) is 72.1 Å². The van der Waals surface area contributed by atoms with E-state index < -0.39 is 0 Å². The highest BCUT2D eigenvalue weighted by Gasteiger charge is 2.31. The van der Waals surface area contributed by atoms with Crippen molar-refractivity contribution in [3.05, 3.63) is 0 Å². The second kappa shape index (κ2) is 5.92. The Labute approximate surface area is 113 Å². The first-order valence-corrected chi connectivity index (χ1v) is 7.89. The van der Waals surface area contributed by atoms with Gasteiger partial charge in [0.2, 0.25) is 0 Å². The summed E-state index contributed by atoms with van der Waals surface area (Å²) >= 11 is 0. The van der Waals surface area contributed by atoms with Crippen LogP contribution >= 0.6 is 0 Å². The van der Waals surface area contributed by atoms with Crippen molar-refractivity contribution < 1.29 is 4.74 Å². The van der Waals surface area contributed by atoms with Crippen molar-refractivity contribution in [2.45, 2.75) is 89.9 Å². The summed E-state index contributed by atoms with van der Waals surface area (Å²) in [5, 5.41) is 0. The van der Waals surface area contributed by atoms with Gasteiger partial charge in [-0.3, -0.25) is 0 Å². The molecule has 2 aliphatic carbocycles. The van der Waals surface area contributed by atoms with Gasteiger partial charge in [0.1, 0.15) is 0 Å². The molecule has 0 saturated heterocycles. The summed E-state index contributed by atoms with van der Waals surface area (Å²) in [5.41, 5.74) is 6.21. The number of hydrogen-bond donors (Lipinski definition) is 1. The Morgan fingerprint density at radius 3 is 1.72 bits per heavy atom. The third kappa shape index (κ3) is 3.96. The fraction of sp³-hybridized carbons (Fsp3) is 1.00. The van der Waals surface area contributed by atoms with Crippen LogP contribution in [0.2, 0.25) is 0 Å². The van der Waals surface area contributed by atoms with Crippen molar-refractivity contribution in [1.82, 2.24) is 0 Å². The summed E-state index contributed by atoms with van der Waals surface area (Å²) in [6.45, 7) is 6.70. The first-order chi connectivity index (χ1) is 8.45. The topological polar surface area (TPSA) is 35.2 Å². The van der Waals surface area contributed by atoms with Crippen LogP contribution in [0, 0.1) is 11.8 Å². The largest absolute Gasteiger partial charge is 0.375 e. The minimum atomic E-state index is -0.00869. The van der Waals surface area contributed by atoms with Crippen molar-refractivity contribution in [3.8, 4) is 0 Å². The average Bonchev–Trinajstić information content (AvgIpc) is 2.32.